The Hall–Kier alpha value is -0.380. The average Bonchev–Trinajstić information content (AvgIpc) is 2.99. The predicted octanol–water partition coefficient (Wildman–Crippen LogP) is -0.173. The van der Waals surface area contributed by atoms with E-state index in [2.05, 4.69) is 66.3 Å². The summed E-state index contributed by atoms with van der Waals surface area (Å²) in [6.07, 6.45) is 0. The maximum Gasteiger partial charge on any atom is -0.0262 e. The second-order valence-corrected chi connectivity index (χ2v) is 15.0. The third-order valence-electron chi connectivity index (χ3n) is 2.40. The van der Waals surface area contributed by atoms with Crippen molar-refractivity contribution in [1.29, 1.82) is 0 Å². The van der Waals surface area contributed by atoms with E-state index in [0.29, 0.717) is 0 Å². The molecule has 3 aromatic rings. The second kappa shape index (κ2) is 13.1. The molecule has 0 aliphatic rings. The zero-order valence-corrected chi connectivity index (χ0v) is 18.0. The zero-order chi connectivity index (χ0) is 15.0. The van der Waals surface area contributed by atoms with E-state index in [0.717, 1.165) is 0 Å². The van der Waals surface area contributed by atoms with Crippen LogP contribution in [0.3, 0.4) is 0 Å². The Morgan fingerprint density at radius 2 is 1.59 bits per heavy atom. The topological polar surface area (TPSA) is 0 Å². The van der Waals surface area contributed by atoms with Crippen molar-refractivity contribution in [1.82, 2.24) is 0 Å². The molecule has 0 amide bonds. The first-order valence-corrected chi connectivity index (χ1v) is 13.5. The molecule has 0 aliphatic carbocycles. The first-order valence-electron chi connectivity index (χ1n) is 6.50. The number of fused-ring (bicyclic) bond motifs is 1. The van der Waals surface area contributed by atoms with Crippen molar-refractivity contribution in [2.75, 3.05) is 0 Å². The van der Waals surface area contributed by atoms with Crippen molar-refractivity contribution in [2.45, 2.75) is 20.0 Å². The summed E-state index contributed by atoms with van der Waals surface area (Å²) in [4.78, 5) is 0. The summed E-state index contributed by atoms with van der Waals surface area (Å²) in [5.74, 6) is 0. The summed E-state index contributed by atoms with van der Waals surface area (Å²) in [5.41, 5.74) is 1.54. The fraction of sp³-hybridized carbons (Fsp3) is 0.176. The molecule has 5 heteroatoms. The van der Waals surface area contributed by atoms with Crippen molar-refractivity contribution in [2.24, 2.45) is 0 Å². The Kier molecular flexibility index (Phi) is 14.2. The van der Waals surface area contributed by atoms with Gasteiger partial charge in [0.05, 0.1) is 0 Å². The third-order valence-corrected chi connectivity index (χ3v) is 3.09. The van der Waals surface area contributed by atoms with Gasteiger partial charge in [0.2, 0.25) is 0 Å². The molecule has 3 aromatic carbocycles. The molecule has 0 nitrogen and oxygen atoms in total. The molecule has 22 heavy (non-hydrogen) atoms. The van der Waals surface area contributed by atoms with Gasteiger partial charge < -0.3 is 9.41 Å². The molecule has 0 fully saturated rings. The Bertz CT molecular complexity index is 627. The summed E-state index contributed by atoms with van der Waals surface area (Å²) in [7, 11) is 0. The van der Waals surface area contributed by atoms with Gasteiger partial charge >= 0.3 is 41.9 Å². The normalized spacial score (nSPS) is 8.45. The van der Waals surface area contributed by atoms with Gasteiger partial charge in [0, 0.05) is 0 Å². The van der Waals surface area contributed by atoms with Crippen molar-refractivity contribution >= 4 is 32.1 Å². The molecule has 0 aliphatic heterocycles. The number of benzene rings is 1. The van der Waals surface area contributed by atoms with E-state index >= 15 is 0 Å². The molecule has 0 saturated carbocycles. The Morgan fingerprint density at radius 1 is 1.05 bits per heavy atom. The van der Waals surface area contributed by atoms with Crippen LogP contribution in [-0.4, -0.2) is 5.43 Å². The summed E-state index contributed by atoms with van der Waals surface area (Å²) in [6, 6.07) is 20.7. The largest absolute Gasteiger partial charge is 1.00 e. The van der Waals surface area contributed by atoms with Gasteiger partial charge in [-0.25, -0.2) is 12.1 Å². The fourth-order valence-electron chi connectivity index (χ4n) is 1.67. The zero-order valence-electron chi connectivity index (χ0n) is 12.9. The van der Waals surface area contributed by atoms with Gasteiger partial charge in [-0.1, -0.05) is 28.9 Å². The summed E-state index contributed by atoms with van der Waals surface area (Å²) < 4.78 is 1.18. The van der Waals surface area contributed by atoms with Crippen LogP contribution in [0, 0.1) is 6.92 Å². The van der Waals surface area contributed by atoms with Crippen LogP contribution in [0.5, 0.6) is 0 Å². The van der Waals surface area contributed by atoms with E-state index < -0.39 is 0 Å². The van der Waals surface area contributed by atoms with E-state index in [4.69, 9.17) is 0 Å². The van der Waals surface area contributed by atoms with Crippen LogP contribution in [0.15, 0.2) is 65.1 Å². The van der Waals surface area contributed by atoms with E-state index in [9.17, 15) is 0 Å². The van der Waals surface area contributed by atoms with Crippen LogP contribution >= 0.6 is 15.9 Å². The van der Waals surface area contributed by atoms with Crippen LogP contribution in [0.25, 0.3) is 10.8 Å². The molecule has 0 atom stereocenters. The maximum atomic E-state index is 3.51. The number of rotatable bonds is 0. The molecule has 0 bridgehead atoms. The van der Waals surface area contributed by atoms with E-state index in [1.54, 1.807) is 23.3 Å². The van der Waals surface area contributed by atoms with Gasteiger partial charge in [-0.2, -0.15) is 24.3 Å². The molecule has 118 valence electrons. The summed E-state index contributed by atoms with van der Waals surface area (Å²) in [6.45, 7) is 6.73. The minimum Gasteiger partial charge on any atom is -1.00 e. The smallest absolute Gasteiger partial charge is 0.0262 e. The van der Waals surface area contributed by atoms with Crippen LogP contribution < -0.4 is 9.41 Å². The molecule has 0 heterocycles. The van der Waals surface area contributed by atoms with Crippen molar-refractivity contribution in [3.05, 3.63) is 70.7 Å². The van der Waals surface area contributed by atoms with Crippen molar-refractivity contribution in [3.8, 4) is 0 Å². The van der Waals surface area contributed by atoms with Gasteiger partial charge in [0.1, 0.15) is 0 Å². The Balaban J connectivity index is 0. The minimum atomic E-state index is 0. The molecule has 0 unspecified atom stereocenters. The van der Waals surface area contributed by atoms with E-state index in [-0.39, 0.29) is 14.8 Å². The number of hydrogen-bond donors (Lipinski definition) is 0. The standard InChI is InChI=1S/C10H8Br.C5H5.C2H6Si.2FH.Zr/c1-7-5-8-3-2-4-10(11)9(8)6-7;1-2-4-5-3-1;1-3-2;;;/h2-6H,1H3;1-5H;1-2H3;2*1H;/q2*-1;;;;+2/p-2. The number of hydrogen-bond acceptors (Lipinski definition) is 0. The molecular weight excluding hydrogens is 441 g/mol. The monoisotopic (exact) mass is 458 g/mol. The van der Waals surface area contributed by atoms with Crippen LogP contribution in [-0.2, 0) is 23.3 Å². The maximum absolute atomic E-state index is 3.51. The van der Waals surface area contributed by atoms with Gasteiger partial charge in [-0.3, -0.25) is 0 Å². The van der Waals surface area contributed by atoms with Crippen molar-refractivity contribution < 1.29 is 32.7 Å². The first kappa shape index (κ1) is 23.9. The van der Waals surface area contributed by atoms with Gasteiger partial charge in [-0.15, -0.1) is 34.5 Å². The van der Waals surface area contributed by atoms with Gasteiger partial charge in [0.25, 0.3) is 0 Å². The van der Waals surface area contributed by atoms with E-state index in [1.165, 1.54) is 20.8 Å². The summed E-state index contributed by atoms with van der Waals surface area (Å²) in [5, 5.41) is 2.63. The number of halogens is 3. The van der Waals surface area contributed by atoms with Crippen LogP contribution in [0.1, 0.15) is 5.56 Å². The van der Waals surface area contributed by atoms with Gasteiger partial charge in [-0.05, 0) is 4.47 Å². The molecule has 0 N–H and O–H groups in total. The van der Waals surface area contributed by atoms with E-state index in [1.807, 2.05) is 30.3 Å². The summed E-state index contributed by atoms with van der Waals surface area (Å²) >= 11 is 5.25. The predicted molar refractivity (Wildman–Crippen MR) is 91.5 cm³/mol. The number of aryl methyl sites for hydroxylation is 1. The molecule has 3 rings (SSSR count). The quantitative estimate of drug-likeness (QED) is 0.323. The van der Waals surface area contributed by atoms with Gasteiger partial charge in [0.15, 0.2) is 0 Å². The molecule has 0 spiro atoms. The Labute approximate surface area is 154 Å². The van der Waals surface area contributed by atoms with Crippen LogP contribution in [0.4, 0.5) is 0 Å². The van der Waals surface area contributed by atoms with Crippen LogP contribution in [0.2, 0.25) is 13.1 Å². The SMILES string of the molecule is C[Si](C)=[Zr+2].Cc1cc2c(Br)cccc2[cH-]1.[F-].[F-].c1cc[cH-]c1. The molecule has 0 saturated heterocycles. The van der Waals surface area contributed by atoms with Crippen molar-refractivity contribution in [3.63, 3.8) is 0 Å². The Morgan fingerprint density at radius 3 is 2.00 bits per heavy atom. The third kappa shape index (κ3) is 9.60. The second-order valence-electron chi connectivity index (χ2n) is 4.74. The average molecular weight is 461 g/mol. The fourth-order valence-corrected chi connectivity index (χ4v) is 2.16. The molecular formula is C17H19BrF2SiZr-2. The molecule has 0 radical (unpaired) electrons. The minimum absolute atomic E-state index is 0. The molecule has 0 aromatic heterocycles. The first-order chi connectivity index (χ1) is 9.50.